The molecule has 174 valence electrons. The molecule has 9 heteroatoms. The van der Waals surface area contributed by atoms with Gasteiger partial charge in [0.2, 0.25) is 5.91 Å². The second-order valence-electron chi connectivity index (χ2n) is 7.94. The summed E-state index contributed by atoms with van der Waals surface area (Å²) in [5, 5.41) is 15.9. The number of rotatable bonds is 9. The number of carbonyl (C=O) groups is 2. The van der Waals surface area contributed by atoms with E-state index in [1.807, 2.05) is 50.5 Å². The highest BCUT2D eigenvalue weighted by atomic mass is 35.5. The molecule has 1 atom stereocenters. The number of amides is 2. The Morgan fingerprint density at radius 1 is 1.12 bits per heavy atom. The molecule has 0 aliphatic rings. The van der Waals surface area contributed by atoms with E-state index in [1.165, 1.54) is 11.8 Å². The fourth-order valence-electron chi connectivity index (χ4n) is 3.36. The predicted molar refractivity (Wildman–Crippen MR) is 133 cm³/mol. The average Bonchev–Trinajstić information content (AvgIpc) is 3.20. The summed E-state index contributed by atoms with van der Waals surface area (Å²) < 4.78 is 1.95. The molecule has 1 aromatic heterocycles. The van der Waals surface area contributed by atoms with Gasteiger partial charge in [0, 0.05) is 22.8 Å². The minimum absolute atomic E-state index is 0.0983. The molecular weight excluding hydrogens is 458 g/mol. The number of nitrogens with one attached hydrogen (secondary N) is 2. The fourth-order valence-corrected chi connectivity index (χ4v) is 4.40. The third-order valence-corrected chi connectivity index (χ3v) is 6.33. The van der Waals surface area contributed by atoms with Gasteiger partial charge in [-0.15, -0.1) is 10.2 Å². The molecule has 1 heterocycles. The van der Waals surface area contributed by atoms with Crippen LogP contribution in [-0.2, 0) is 11.3 Å². The van der Waals surface area contributed by atoms with E-state index in [-0.39, 0.29) is 29.5 Å². The molecule has 0 aliphatic carbocycles. The lowest BCUT2D eigenvalue weighted by Gasteiger charge is -2.22. The summed E-state index contributed by atoms with van der Waals surface area (Å²) in [5.41, 5.74) is 2.22. The summed E-state index contributed by atoms with van der Waals surface area (Å²) >= 11 is 7.30. The SMILES string of the molecule is CCn1c(SCC(=O)Nc2ccc(Cl)cc2C)nnc1[C@H](NC(=O)c1ccccc1)C(C)C. The smallest absolute Gasteiger partial charge is 0.251 e. The zero-order chi connectivity index (χ0) is 24.0. The van der Waals surface area contributed by atoms with Crippen molar-refractivity contribution in [3.63, 3.8) is 0 Å². The van der Waals surface area contributed by atoms with Crippen LogP contribution in [0.15, 0.2) is 53.7 Å². The summed E-state index contributed by atoms with van der Waals surface area (Å²) in [6.07, 6.45) is 0. The predicted octanol–water partition coefficient (Wildman–Crippen LogP) is 5.12. The van der Waals surface area contributed by atoms with Crippen LogP contribution in [0.1, 0.15) is 48.6 Å². The van der Waals surface area contributed by atoms with Gasteiger partial charge < -0.3 is 15.2 Å². The van der Waals surface area contributed by atoms with Crippen LogP contribution in [0.2, 0.25) is 5.02 Å². The quantitative estimate of drug-likeness (QED) is 0.411. The van der Waals surface area contributed by atoms with E-state index in [1.54, 1.807) is 30.3 Å². The highest BCUT2D eigenvalue weighted by Gasteiger charge is 2.26. The van der Waals surface area contributed by atoms with Crippen LogP contribution < -0.4 is 10.6 Å². The number of carbonyl (C=O) groups excluding carboxylic acids is 2. The van der Waals surface area contributed by atoms with Crippen molar-refractivity contribution >= 4 is 40.9 Å². The molecular formula is C24H28ClN5O2S. The number of aromatic nitrogens is 3. The number of halogens is 1. The lowest BCUT2D eigenvalue weighted by molar-refractivity contribution is -0.113. The first kappa shape index (κ1) is 24.8. The van der Waals surface area contributed by atoms with Gasteiger partial charge in [0.15, 0.2) is 11.0 Å². The Hall–Kier alpha value is -2.84. The van der Waals surface area contributed by atoms with Crippen molar-refractivity contribution in [1.82, 2.24) is 20.1 Å². The summed E-state index contributed by atoms with van der Waals surface area (Å²) in [7, 11) is 0. The van der Waals surface area contributed by atoms with E-state index in [0.29, 0.717) is 28.1 Å². The van der Waals surface area contributed by atoms with Crippen LogP contribution in [0, 0.1) is 12.8 Å². The lowest BCUT2D eigenvalue weighted by atomic mass is 10.0. The molecule has 2 amide bonds. The molecule has 33 heavy (non-hydrogen) atoms. The molecule has 2 aromatic carbocycles. The molecule has 2 N–H and O–H groups in total. The maximum atomic E-state index is 12.7. The van der Waals surface area contributed by atoms with Crippen molar-refractivity contribution < 1.29 is 9.59 Å². The second kappa shape index (κ2) is 11.3. The van der Waals surface area contributed by atoms with E-state index in [2.05, 4.69) is 20.8 Å². The number of hydrogen-bond donors (Lipinski definition) is 2. The Balaban J connectivity index is 1.70. The first-order valence-corrected chi connectivity index (χ1v) is 12.1. The van der Waals surface area contributed by atoms with E-state index < -0.39 is 0 Å². The molecule has 7 nitrogen and oxygen atoms in total. The molecule has 0 spiro atoms. The number of benzene rings is 2. The van der Waals surface area contributed by atoms with Crippen LogP contribution in [0.3, 0.4) is 0 Å². The largest absolute Gasteiger partial charge is 0.342 e. The minimum Gasteiger partial charge on any atom is -0.342 e. The van der Waals surface area contributed by atoms with Gasteiger partial charge in [0.05, 0.1) is 11.8 Å². The minimum atomic E-state index is -0.315. The van der Waals surface area contributed by atoms with Crippen LogP contribution in [-0.4, -0.2) is 32.3 Å². The number of aryl methyl sites for hydroxylation is 1. The third kappa shape index (κ3) is 6.36. The zero-order valence-electron chi connectivity index (χ0n) is 19.1. The van der Waals surface area contributed by atoms with Crippen LogP contribution >= 0.6 is 23.4 Å². The zero-order valence-corrected chi connectivity index (χ0v) is 20.7. The van der Waals surface area contributed by atoms with Gasteiger partial charge in [-0.1, -0.05) is 55.4 Å². The van der Waals surface area contributed by atoms with Crippen molar-refractivity contribution in [2.75, 3.05) is 11.1 Å². The van der Waals surface area contributed by atoms with Crippen molar-refractivity contribution in [3.05, 3.63) is 70.5 Å². The standard InChI is InChI=1S/C24H28ClN5O2S/c1-5-30-22(21(15(2)3)27-23(32)17-9-7-6-8-10-17)28-29-24(30)33-14-20(31)26-19-12-11-18(25)13-16(19)4/h6-13,15,21H,5,14H2,1-4H3,(H,26,31)(H,27,32)/t21-/m1/s1. The van der Waals surface area contributed by atoms with Gasteiger partial charge in [-0.3, -0.25) is 9.59 Å². The monoisotopic (exact) mass is 485 g/mol. The molecule has 0 unspecified atom stereocenters. The lowest BCUT2D eigenvalue weighted by Crippen LogP contribution is -2.33. The molecule has 0 bridgehead atoms. The number of anilines is 1. The maximum Gasteiger partial charge on any atom is 0.251 e. The highest BCUT2D eigenvalue weighted by Crippen LogP contribution is 2.26. The van der Waals surface area contributed by atoms with Gasteiger partial charge >= 0.3 is 0 Å². The summed E-state index contributed by atoms with van der Waals surface area (Å²) in [6, 6.07) is 14.1. The first-order valence-electron chi connectivity index (χ1n) is 10.8. The third-order valence-electron chi connectivity index (χ3n) is 5.12. The van der Waals surface area contributed by atoms with E-state index >= 15 is 0 Å². The van der Waals surface area contributed by atoms with Crippen molar-refractivity contribution in [2.45, 2.75) is 45.4 Å². The second-order valence-corrected chi connectivity index (χ2v) is 9.32. The number of thioether (sulfide) groups is 1. The Kier molecular flexibility index (Phi) is 8.52. The van der Waals surface area contributed by atoms with Gasteiger partial charge in [-0.05, 0) is 55.7 Å². The molecule has 0 aliphatic heterocycles. The molecule has 0 saturated carbocycles. The fraction of sp³-hybridized carbons (Fsp3) is 0.333. The normalized spacial score (nSPS) is 11.9. The van der Waals surface area contributed by atoms with Gasteiger partial charge in [-0.2, -0.15) is 0 Å². The van der Waals surface area contributed by atoms with Crippen molar-refractivity contribution in [3.8, 4) is 0 Å². The topological polar surface area (TPSA) is 88.9 Å². The summed E-state index contributed by atoms with van der Waals surface area (Å²) in [4.78, 5) is 25.2. The average molecular weight is 486 g/mol. The Morgan fingerprint density at radius 3 is 2.48 bits per heavy atom. The van der Waals surface area contributed by atoms with Crippen LogP contribution in [0.4, 0.5) is 5.69 Å². The Morgan fingerprint density at radius 2 is 1.85 bits per heavy atom. The first-order chi connectivity index (χ1) is 15.8. The van der Waals surface area contributed by atoms with Crippen LogP contribution in [0.5, 0.6) is 0 Å². The molecule has 0 fully saturated rings. The summed E-state index contributed by atoms with van der Waals surface area (Å²) in [5.74, 6) is 0.653. The van der Waals surface area contributed by atoms with E-state index in [0.717, 1.165) is 11.3 Å². The Bertz CT molecular complexity index is 1120. The number of hydrogen-bond acceptors (Lipinski definition) is 5. The molecule has 3 rings (SSSR count). The highest BCUT2D eigenvalue weighted by molar-refractivity contribution is 7.99. The van der Waals surface area contributed by atoms with Crippen molar-refractivity contribution in [1.29, 1.82) is 0 Å². The number of nitrogens with zero attached hydrogens (tertiary/aromatic N) is 3. The van der Waals surface area contributed by atoms with Gasteiger partial charge in [0.1, 0.15) is 0 Å². The van der Waals surface area contributed by atoms with Gasteiger partial charge in [-0.25, -0.2) is 0 Å². The summed E-state index contributed by atoms with van der Waals surface area (Å²) in [6.45, 7) is 8.56. The molecule has 0 radical (unpaired) electrons. The van der Waals surface area contributed by atoms with Gasteiger partial charge in [0.25, 0.3) is 5.91 Å². The van der Waals surface area contributed by atoms with Crippen molar-refractivity contribution in [2.24, 2.45) is 5.92 Å². The molecule has 3 aromatic rings. The maximum absolute atomic E-state index is 12.7. The van der Waals surface area contributed by atoms with E-state index in [9.17, 15) is 9.59 Å². The van der Waals surface area contributed by atoms with Crippen LogP contribution in [0.25, 0.3) is 0 Å². The Labute approximate surface area is 203 Å². The molecule has 0 saturated heterocycles. The van der Waals surface area contributed by atoms with E-state index in [4.69, 9.17) is 11.6 Å².